The van der Waals surface area contributed by atoms with E-state index in [9.17, 15) is 0 Å². The first-order chi connectivity index (χ1) is 11.9. The summed E-state index contributed by atoms with van der Waals surface area (Å²) in [5.74, 6) is 0. The SMILES string of the molecule is c1cncc([C@@H]2CCCCN2)c1.c1cncc([C@H]2CCCCN2)c1. The molecule has 24 heavy (non-hydrogen) atoms. The molecule has 0 bridgehead atoms. The van der Waals surface area contributed by atoms with Gasteiger partial charge < -0.3 is 10.6 Å². The molecule has 0 aromatic carbocycles. The quantitative estimate of drug-likeness (QED) is 0.882. The van der Waals surface area contributed by atoms with Gasteiger partial charge in [0.2, 0.25) is 0 Å². The van der Waals surface area contributed by atoms with Gasteiger partial charge in [-0.1, -0.05) is 25.0 Å². The van der Waals surface area contributed by atoms with Crippen LogP contribution >= 0.6 is 0 Å². The van der Waals surface area contributed by atoms with Crippen molar-refractivity contribution in [3.05, 3.63) is 60.2 Å². The highest BCUT2D eigenvalue weighted by atomic mass is 14.9. The van der Waals surface area contributed by atoms with Gasteiger partial charge in [0.1, 0.15) is 0 Å². The average Bonchev–Trinajstić information content (AvgIpc) is 2.71. The normalized spacial score (nSPS) is 23.8. The van der Waals surface area contributed by atoms with Crippen molar-refractivity contribution in [3.63, 3.8) is 0 Å². The topological polar surface area (TPSA) is 49.8 Å². The fourth-order valence-corrected chi connectivity index (χ4v) is 3.44. The van der Waals surface area contributed by atoms with Crippen LogP contribution in [0.4, 0.5) is 0 Å². The highest BCUT2D eigenvalue weighted by molar-refractivity contribution is 5.14. The molecule has 0 spiro atoms. The molecule has 2 aliphatic heterocycles. The van der Waals surface area contributed by atoms with Crippen LogP contribution in [0.1, 0.15) is 61.7 Å². The number of nitrogens with one attached hydrogen (secondary N) is 2. The maximum absolute atomic E-state index is 4.12. The molecule has 4 heteroatoms. The lowest BCUT2D eigenvalue weighted by Crippen LogP contribution is -2.26. The van der Waals surface area contributed by atoms with Gasteiger partial charge in [-0.2, -0.15) is 0 Å². The molecule has 2 saturated heterocycles. The Bertz CT molecular complexity index is 507. The Kier molecular flexibility index (Phi) is 6.75. The summed E-state index contributed by atoms with van der Waals surface area (Å²) in [6.07, 6.45) is 15.4. The molecule has 2 aromatic heterocycles. The monoisotopic (exact) mass is 324 g/mol. The first kappa shape index (κ1) is 17.1. The summed E-state index contributed by atoms with van der Waals surface area (Å²) in [6.45, 7) is 2.30. The third-order valence-electron chi connectivity index (χ3n) is 4.79. The van der Waals surface area contributed by atoms with Crippen molar-refractivity contribution in [2.75, 3.05) is 13.1 Å². The van der Waals surface area contributed by atoms with E-state index in [2.05, 4.69) is 32.7 Å². The minimum absolute atomic E-state index is 0.549. The Balaban J connectivity index is 0.000000141. The molecule has 2 aliphatic rings. The summed E-state index contributed by atoms with van der Waals surface area (Å²) in [5.41, 5.74) is 2.66. The Labute approximate surface area is 145 Å². The molecular formula is C20H28N4. The van der Waals surface area contributed by atoms with Crippen LogP contribution in [0.25, 0.3) is 0 Å². The molecule has 0 unspecified atom stereocenters. The van der Waals surface area contributed by atoms with Crippen LogP contribution in [0.2, 0.25) is 0 Å². The first-order valence-corrected chi connectivity index (χ1v) is 9.20. The maximum Gasteiger partial charge on any atom is 0.0335 e. The van der Waals surface area contributed by atoms with Crippen molar-refractivity contribution >= 4 is 0 Å². The molecule has 0 amide bonds. The van der Waals surface area contributed by atoms with E-state index < -0.39 is 0 Å². The van der Waals surface area contributed by atoms with Crippen molar-refractivity contribution in [2.45, 2.75) is 50.6 Å². The second-order valence-corrected chi connectivity index (χ2v) is 6.58. The third-order valence-corrected chi connectivity index (χ3v) is 4.79. The van der Waals surface area contributed by atoms with E-state index in [1.54, 1.807) is 0 Å². The van der Waals surface area contributed by atoms with E-state index in [1.165, 1.54) is 49.7 Å². The van der Waals surface area contributed by atoms with Crippen molar-refractivity contribution in [2.24, 2.45) is 0 Å². The molecule has 4 heterocycles. The second-order valence-electron chi connectivity index (χ2n) is 6.58. The average molecular weight is 324 g/mol. The molecule has 0 radical (unpaired) electrons. The van der Waals surface area contributed by atoms with Crippen molar-refractivity contribution in [1.82, 2.24) is 20.6 Å². The van der Waals surface area contributed by atoms with Gasteiger partial charge in [0.15, 0.2) is 0 Å². The van der Waals surface area contributed by atoms with Gasteiger partial charge in [0, 0.05) is 36.9 Å². The number of rotatable bonds is 2. The van der Waals surface area contributed by atoms with Crippen LogP contribution in [0.15, 0.2) is 49.1 Å². The Morgan fingerprint density at radius 1 is 0.708 bits per heavy atom. The summed E-state index contributed by atoms with van der Waals surface area (Å²) in [5, 5.41) is 6.99. The van der Waals surface area contributed by atoms with E-state index in [4.69, 9.17) is 0 Å². The molecule has 128 valence electrons. The molecule has 0 saturated carbocycles. The summed E-state index contributed by atoms with van der Waals surface area (Å²) >= 11 is 0. The van der Waals surface area contributed by atoms with E-state index in [1.807, 2.05) is 36.9 Å². The van der Waals surface area contributed by atoms with Crippen molar-refractivity contribution in [1.29, 1.82) is 0 Å². The lowest BCUT2D eigenvalue weighted by molar-refractivity contribution is 0.411. The first-order valence-electron chi connectivity index (χ1n) is 9.20. The van der Waals surface area contributed by atoms with Gasteiger partial charge in [-0.05, 0) is 62.0 Å². The van der Waals surface area contributed by atoms with Crippen LogP contribution in [0, 0.1) is 0 Å². The zero-order valence-corrected chi connectivity index (χ0v) is 14.3. The standard InChI is InChI=1S/2C10H14N2/c2*1-2-7-12-10(5-1)9-4-3-6-11-8-9/h2*3-4,6,8,10,12H,1-2,5,7H2/t2*10-/m10/s1. The van der Waals surface area contributed by atoms with E-state index >= 15 is 0 Å². The lowest BCUT2D eigenvalue weighted by Gasteiger charge is -2.23. The Morgan fingerprint density at radius 2 is 1.21 bits per heavy atom. The smallest absolute Gasteiger partial charge is 0.0335 e. The molecule has 2 fully saturated rings. The van der Waals surface area contributed by atoms with Crippen LogP contribution in [0.5, 0.6) is 0 Å². The second kappa shape index (κ2) is 9.50. The number of aromatic nitrogens is 2. The molecule has 2 N–H and O–H groups in total. The number of hydrogen-bond acceptors (Lipinski definition) is 4. The molecule has 4 nitrogen and oxygen atoms in total. The van der Waals surface area contributed by atoms with Crippen LogP contribution in [-0.2, 0) is 0 Å². The summed E-state index contributed by atoms with van der Waals surface area (Å²) < 4.78 is 0. The van der Waals surface area contributed by atoms with Crippen LogP contribution < -0.4 is 10.6 Å². The maximum atomic E-state index is 4.12. The van der Waals surface area contributed by atoms with Gasteiger partial charge in [-0.25, -0.2) is 0 Å². The molecule has 2 atom stereocenters. The largest absolute Gasteiger partial charge is 0.310 e. The van der Waals surface area contributed by atoms with Gasteiger partial charge in [0.25, 0.3) is 0 Å². The summed E-state index contributed by atoms with van der Waals surface area (Å²) in [6, 6.07) is 9.41. The van der Waals surface area contributed by atoms with Gasteiger partial charge >= 0.3 is 0 Å². The third kappa shape index (κ3) is 5.11. The molecule has 2 aromatic rings. The zero-order valence-electron chi connectivity index (χ0n) is 14.3. The number of piperidine rings is 2. The summed E-state index contributed by atoms with van der Waals surface area (Å²) in [7, 11) is 0. The lowest BCUT2D eigenvalue weighted by atomic mass is 9.99. The zero-order chi connectivity index (χ0) is 16.5. The summed E-state index contributed by atoms with van der Waals surface area (Å²) in [4.78, 5) is 8.24. The molecular weight excluding hydrogens is 296 g/mol. The minimum Gasteiger partial charge on any atom is -0.310 e. The molecule has 0 aliphatic carbocycles. The van der Waals surface area contributed by atoms with Crippen LogP contribution in [0.3, 0.4) is 0 Å². The fraction of sp³-hybridized carbons (Fsp3) is 0.500. The van der Waals surface area contributed by atoms with Gasteiger partial charge in [-0.3, -0.25) is 9.97 Å². The number of hydrogen-bond donors (Lipinski definition) is 2. The van der Waals surface area contributed by atoms with Crippen LogP contribution in [-0.4, -0.2) is 23.1 Å². The Morgan fingerprint density at radius 3 is 1.54 bits per heavy atom. The molecule has 4 rings (SSSR count). The van der Waals surface area contributed by atoms with Crippen molar-refractivity contribution < 1.29 is 0 Å². The predicted octanol–water partition coefficient (Wildman–Crippen LogP) is 3.79. The van der Waals surface area contributed by atoms with E-state index in [0.29, 0.717) is 12.1 Å². The highest BCUT2D eigenvalue weighted by Crippen LogP contribution is 2.22. The number of pyridine rings is 2. The van der Waals surface area contributed by atoms with E-state index in [-0.39, 0.29) is 0 Å². The van der Waals surface area contributed by atoms with Crippen molar-refractivity contribution in [3.8, 4) is 0 Å². The fourth-order valence-electron chi connectivity index (χ4n) is 3.44. The van der Waals surface area contributed by atoms with E-state index in [0.717, 1.165) is 13.1 Å². The highest BCUT2D eigenvalue weighted by Gasteiger charge is 2.14. The number of nitrogens with zero attached hydrogens (tertiary/aromatic N) is 2. The predicted molar refractivity (Wildman–Crippen MR) is 97.7 cm³/mol. The van der Waals surface area contributed by atoms with Gasteiger partial charge in [0.05, 0.1) is 0 Å². The minimum atomic E-state index is 0.549. The Hall–Kier alpha value is -1.78. The van der Waals surface area contributed by atoms with Gasteiger partial charge in [-0.15, -0.1) is 0 Å².